The topological polar surface area (TPSA) is 117 Å². The molecule has 3 aromatic rings. The Labute approximate surface area is 257 Å². The van der Waals surface area contributed by atoms with Crippen molar-refractivity contribution in [1.82, 2.24) is 9.21 Å². The number of likely N-dealkylation sites (tertiary alicyclic amines) is 1. The number of amides is 2. The van der Waals surface area contributed by atoms with E-state index in [0.717, 1.165) is 0 Å². The van der Waals surface area contributed by atoms with Crippen LogP contribution in [0.4, 0.5) is 10.5 Å². The van der Waals surface area contributed by atoms with Gasteiger partial charge in [0.2, 0.25) is 10.0 Å². The fourth-order valence-corrected chi connectivity index (χ4v) is 8.55. The first-order valence-corrected chi connectivity index (χ1v) is 16.3. The van der Waals surface area contributed by atoms with Gasteiger partial charge < -0.3 is 14.6 Å². The standard InChI is InChI=1S/C33H37N3O7S/c1-32(2,3)43-31(39)34-21-12-19-27(34)28(38)35-26-18-11-10-17-25(26)33(20-22-37)30(35)42-29(23-13-6-4-7-14-23)36(33)44(40,41)24-15-8-5-9-16-24/h4-11,13-18,27,29-30,37H,12,19-22H2,1-3H3/t27?,29?,30-,33-/m0/s1. The fraction of sp³-hybridized carbons (Fsp3) is 0.394. The number of carbonyl (C=O) groups excluding carboxylic acids is 2. The summed E-state index contributed by atoms with van der Waals surface area (Å²) in [6, 6.07) is 23.4. The van der Waals surface area contributed by atoms with Gasteiger partial charge in [0.25, 0.3) is 5.91 Å². The van der Waals surface area contributed by atoms with Gasteiger partial charge in [-0.15, -0.1) is 0 Å². The van der Waals surface area contributed by atoms with E-state index in [0.29, 0.717) is 36.2 Å². The summed E-state index contributed by atoms with van der Waals surface area (Å²) >= 11 is 0. The number of hydrogen-bond donors (Lipinski definition) is 1. The highest BCUT2D eigenvalue weighted by Crippen LogP contribution is 2.60. The first kappa shape index (κ1) is 30.3. The van der Waals surface area contributed by atoms with Crippen LogP contribution in [0.25, 0.3) is 0 Å². The van der Waals surface area contributed by atoms with Crippen LogP contribution in [0, 0.1) is 0 Å². The van der Waals surface area contributed by atoms with Crippen molar-refractivity contribution in [2.24, 2.45) is 0 Å². The number of benzene rings is 3. The molecule has 1 N–H and O–H groups in total. The van der Waals surface area contributed by atoms with Crippen molar-refractivity contribution in [3.63, 3.8) is 0 Å². The maximum atomic E-state index is 14.6. The number of sulfonamides is 1. The van der Waals surface area contributed by atoms with Crippen LogP contribution < -0.4 is 4.90 Å². The van der Waals surface area contributed by atoms with Gasteiger partial charge in [-0.1, -0.05) is 66.7 Å². The molecule has 2 fully saturated rings. The number of hydrogen-bond acceptors (Lipinski definition) is 7. The minimum atomic E-state index is -4.25. The molecule has 0 aliphatic carbocycles. The van der Waals surface area contributed by atoms with Crippen LogP contribution in [0.3, 0.4) is 0 Å². The second kappa shape index (κ2) is 11.3. The van der Waals surface area contributed by atoms with E-state index in [2.05, 4.69) is 0 Å². The lowest BCUT2D eigenvalue weighted by atomic mass is 9.87. The lowest BCUT2D eigenvalue weighted by molar-refractivity contribution is -0.126. The van der Waals surface area contributed by atoms with Gasteiger partial charge >= 0.3 is 6.09 Å². The molecule has 2 saturated heterocycles. The largest absolute Gasteiger partial charge is 0.444 e. The zero-order valence-corrected chi connectivity index (χ0v) is 25.8. The Morgan fingerprint density at radius 1 is 0.977 bits per heavy atom. The summed E-state index contributed by atoms with van der Waals surface area (Å²) in [4.78, 5) is 30.8. The van der Waals surface area contributed by atoms with Crippen molar-refractivity contribution >= 4 is 27.7 Å². The third kappa shape index (κ3) is 4.88. The molecule has 6 rings (SSSR count). The number of fused-ring (bicyclic) bond motifs is 3. The molecule has 11 heteroatoms. The van der Waals surface area contributed by atoms with Gasteiger partial charge in [0, 0.05) is 18.7 Å². The van der Waals surface area contributed by atoms with E-state index in [4.69, 9.17) is 9.47 Å². The van der Waals surface area contributed by atoms with Crippen LogP contribution in [0.5, 0.6) is 0 Å². The highest BCUT2D eigenvalue weighted by atomic mass is 32.2. The number of aliphatic hydroxyl groups excluding tert-OH is 1. The maximum Gasteiger partial charge on any atom is 0.410 e. The van der Waals surface area contributed by atoms with Crippen LogP contribution in [-0.4, -0.2) is 65.8 Å². The monoisotopic (exact) mass is 619 g/mol. The molecule has 10 nitrogen and oxygen atoms in total. The number of ether oxygens (including phenoxy) is 2. The van der Waals surface area contributed by atoms with E-state index in [-0.39, 0.29) is 17.9 Å². The number of nitrogens with zero attached hydrogens (tertiary/aromatic N) is 3. The van der Waals surface area contributed by atoms with E-state index in [1.807, 2.05) is 6.07 Å². The molecule has 3 aliphatic heterocycles. The van der Waals surface area contributed by atoms with Gasteiger partial charge in [-0.3, -0.25) is 14.6 Å². The number of para-hydroxylation sites is 1. The van der Waals surface area contributed by atoms with Crippen molar-refractivity contribution < 1.29 is 32.6 Å². The van der Waals surface area contributed by atoms with Gasteiger partial charge in [0.05, 0.1) is 10.6 Å². The zero-order chi connectivity index (χ0) is 31.3. The quantitative estimate of drug-likeness (QED) is 0.423. The Kier molecular flexibility index (Phi) is 7.77. The van der Waals surface area contributed by atoms with Crippen LogP contribution in [0.1, 0.15) is 57.4 Å². The SMILES string of the molecule is CC(C)(C)OC(=O)N1CCCC1C(=O)N1c2ccccc2[C@@]2(CCO)[C@@H]1OC(c1ccccc1)N2S(=O)(=O)c1ccccc1. The van der Waals surface area contributed by atoms with Crippen molar-refractivity contribution in [2.75, 3.05) is 18.1 Å². The van der Waals surface area contributed by atoms with Gasteiger partial charge in [-0.25, -0.2) is 13.2 Å². The molecule has 0 saturated carbocycles. The van der Waals surface area contributed by atoms with Crippen LogP contribution in [-0.2, 0) is 29.8 Å². The van der Waals surface area contributed by atoms with E-state index in [9.17, 15) is 23.1 Å². The molecule has 0 bridgehead atoms. The van der Waals surface area contributed by atoms with Crippen molar-refractivity contribution in [2.45, 2.75) is 74.6 Å². The minimum Gasteiger partial charge on any atom is -0.444 e. The molecule has 3 aliphatic rings. The minimum absolute atomic E-state index is 0.0334. The Morgan fingerprint density at radius 3 is 2.27 bits per heavy atom. The summed E-state index contributed by atoms with van der Waals surface area (Å²) in [7, 11) is -4.25. The van der Waals surface area contributed by atoms with Crippen LogP contribution in [0.15, 0.2) is 89.8 Å². The molecule has 0 aromatic heterocycles. The molecule has 0 spiro atoms. The van der Waals surface area contributed by atoms with E-state index >= 15 is 0 Å². The summed E-state index contributed by atoms with van der Waals surface area (Å²) < 4.78 is 43.0. The molecular formula is C33H37N3O7S. The highest BCUT2D eigenvalue weighted by molar-refractivity contribution is 7.89. The second-order valence-electron chi connectivity index (χ2n) is 12.3. The number of carbonyl (C=O) groups is 2. The predicted octanol–water partition coefficient (Wildman–Crippen LogP) is 4.76. The van der Waals surface area contributed by atoms with Gasteiger partial charge in [0.15, 0.2) is 12.5 Å². The van der Waals surface area contributed by atoms with E-state index in [1.165, 1.54) is 26.2 Å². The third-order valence-electron chi connectivity index (χ3n) is 8.42. The number of rotatable bonds is 6. The average molecular weight is 620 g/mol. The van der Waals surface area contributed by atoms with Gasteiger partial charge in [-0.2, -0.15) is 4.31 Å². The summed E-state index contributed by atoms with van der Waals surface area (Å²) in [5, 5.41) is 10.5. The third-order valence-corrected chi connectivity index (χ3v) is 10.3. The molecule has 44 heavy (non-hydrogen) atoms. The summed E-state index contributed by atoms with van der Waals surface area (Å²) in [5.41, 5.74) is -0.599. The molecule has 3 aromatic carbocycles. The molecule has 232 valence electrons. The Bertz CT molecular complexity index is 1640. The number of aliphatic hydroxyl groups is 1. The first-order chi connectivity index (χ1) is 21.0. The molecular weight excluding hydrogens is 582 g/mol. The Morgan fingerprint density at radius 2 is 1.61 bits per heavy atom. The van der Waals surface area contributed by atoms with Crippen molar-refractivity contribution in [3.05, 3.63) is 96.1 Å². The molecule has 4 atom stereocenters. The Hall–Kier alpha value is -3.77. The normalized spacial score (nSPS) is 25.1. The first-order valence-electron chi connectivity index (χ1n) is 14.8. The molecule has 2 unspecified atom stereocenters. The van der Waals surface area contributed by atoms with Crippen LogP contribution >= 0.6 is 0 Å². The van der Waals surface area contributed by atoms with Crippen molar-refractivity contribution in [1.29, 1.82) is 0 Å². The predicted molar refractivity (Wildman–Crippen MR) is 163 cm³/mol. The summed E-state index contributed by atoms with van der Waals surface area (Å²) in [6.45, 7) is 5.31. The van der Waals surface area contributed by atoms with E-state index in [1.54, 1.807) is 87.5 Å². The lowest BCUT2D eigenvalue weighted by Crippen LogP contribution is -2.56. The summed E-state index contributed by atoms with van der Waals surface area (Å²) in [5.74, 6) is -0.392. The van der Waals surface area contributed by atoms with Crippen molar-refractivity contribution in [3.8, 4) is 0 Å². The molecule has 0 radical (unpaired) electrons. The average Bonchev–Trinajstić information content (AvgIpc) is 3.69. The molecule has 3 heterocycles. The second-order valence-corrected chi connectivity index (χ2v) is 14.1. The highest BCUT2D eigenvalue weighted by Gasteiger charge is 2.68. The Balaban J connectivity index is 1.52. The lowest BCUT2D eigenvalue weighted by Gasteiger charge is -2.38. The van der Waals surface area contributed by atoms with Crippen LogP contribution in [0.2, 0.25) is 0 Å². The maximum absolute atomic E-state index is 14.6. The number of anilines is 1. The van der Waals surface area contributed by atoms with Gasteiger partial charge in [0.1, 0.15) is 17.2 Å². The smallest absolute Gasteiger partial charge is 0.410 e. The zero-order valence-electron chi connectivity index (χ0n) is 25.0. The van der Waals surface area contributed by atoms with E-state index < -0.39 is 51.7 Å². The van der Waals surface area contributed by atoms with Gasteiger partial charge in [-0.05, 0) is 63.8 Å². The fourth-order valence-electron chi connectivity index (χ4n) is 6.68. The molecule has 2 amide bonds. The summed E-state index contributed by atoms with van der Waals surface area (Å²) in [6.07, 6.45) is -1.81.